The summed E-state index contributed by atoms with van der Waals surface area (Å²) in [6.45, 7) is 0.522. The second kappa shape index (κ2) is 7.58. The third-order valence-electron chi connectivity index (χ3n) is 4.75. The van der Waals surface area contributed by atoms with Crippen molar-refractivity contribution in [3.8, 4) is 0 Å². The normalized spacial score (nSPS) is 16.5. The van der Waals surface area contributed by atoms with E-state index in [0.29, 0.717) is 18.5 Å². The van der Waals surface area contributed by atoms with Crippen LogP contribution in [0.5, 0.6) is 0 Å². The first-order chi connectivity index (χ1) is 11.7. The number of hydrogen-bond donors (Lipinski definition) is 2. The fourth-order valence-corrected chi connectivity index (χ4v) is 3.42. The average molecular weight is 326 g/mol. The Labute approximate surface area is 142 Å². The van der Waals surface area contributed by atoms with Gasteiger partial charge in [-0.1, -0.05) is 36.4 Å². The van der Waals surface area contributed by atoms with Crippen LogP contribution < -0.4 is 11.1 Å². The molecule has 2 aromatic carbocycles. The molecule has 1 aliphatic carbocycles. The number of carbonyl (C=O) groups is 1. The average Bonchev–Trinajstić information content (AvgIpc) is 2.61. The molecule has 3 rings (SSSR count). The number of benzene rings is 2. The highest BCUT2D eigenvalue weighted by atomic mass is 19.1. The molecule has 2 aromatic rings. The maximum absolute atomic E-state index is 13.9. The summed E-state index contributed by atoms with van der Waals surface area (Å²) >= 11 is 0. The zero-order valence-electron chi connectivity index (χ0n) is 13.7. The molecule has 0 radical (unpaired) electrons. The van der Waals surface area contributed by atoms with Gasteiger partial charge in [-0.2, -0.15) is 0 Å². The summed E-state index contributed by atoms with van der Waals surface area (Å²) in [6, 6.07) is 13.3. The first-order valence-corrected chi connectivity index (χ1v) is 8.49. The molecule has 1 aliphatic rings. The van der Waals surface area contributed by atoms with E-state index in [-0.39, 0.29) is 24.2 Å². The van der Waals surface area contributed by atoms with Gasteiger partial charge in [0.2, 0.25) is 5.91 Å². The van der Waals surface area contributed by atoms with Crippen molar-refractivity contribution in [3.63, 3.8) is 0 Å². The molecule has 1 atom stereocenters. The Morgan fingerprint density at radius 3 is 2.88 bits per heavy atom. The lowest BCUT2D eigenvalue weighted by Crippen LogP contribution is -2.26. The SMILES string of the molecule is NCc1ccc(CNC(=O)C[C@H]2CCCc3ccccc32)c(F)c1. The van der Waals surface area contributed by atoms with E-state index in [1.165, 1.54) is 17.2 Å². The van der Waals surface area contributed by atoms with Crippen LogP contribution in [0.4, 0.5) is 4.39 Å². The van der Waals surface area contributed by atoms with Crippen LogP contribution in [0.2, 0.25) is 0 Å². The van der Waals surface area contributed by atoms with E-state index >= 15 is 0 Å². The number of nitrogens with two attached hydrogens (primary N) is 1. The van der Waals surface area contributed by atoms with E-state index in [4.69, 9.17) is 5.73 Å². The minimum absolute atomic E-state index is 0.0287. The van der Waals surface area contributed by atoms with Gasteiger partial charge in [-0.15, -0.1) is 0 Å². The molecule has 3 N–H and O–H groups in total. The summed E-state index contributed by atoms with van der Waals surface area (Å²) in [7, 11) is 0. The van der Waals surface area contributed by atoms with E-state index < -0.39 is 0 Å². The van der Waals surface area contributed by atoms with Gasteiger partial charge in [-0.3, -0.25) is 4.79 Å². The van der Waals surface area contributed by atoms with Crippen LogP contribution in [0.15, 0.2) is 42.5 Å². The third kappa shape index (κ3) is 3.82. The molecule has 126 valence electrons. The Bertz CT molecular complexity index is 729. The quantitative estimate of drug-likeness (QED) is 0.884. The predicted molar refractivity (Wildman–Crippen MR) is 92.9 cm³/mol. The van der Waals surface area contributed by atoms with Crippen molar-refractivity contribution in [1.82, 2.24) is 5.32 Å². The molecule has 0 fully saturated rings. The maximum Gasteiger partial charge on any atom is 0.220 e. The van der Waals surface area contributed by atoms with Gasteiger partial charge in [0.15, 0.2) is 0 Å². The van der Waals surface area contributed by atoms with Crippen molar-refractivity contribution in [1.29, 1.82) is 0 Å². The molecular weight excluding hydrogens is 303 g/mol. The maximum atomic E-state index is 13.9. The molecule has 4 heteroatoms. The number of carbonyl (C=O) groups excluding carboxylic acids is 1. The summed E-state index contributed by atoms with van der Waals surface area (Å²) in [5.74, 6) is -0.0836. The van der Waals surface area contributed by atoms with Crippen LogP contribution >= 0.6 is 0 Å². The Hall–Kier alpha value is -2.20. The van der Waals surface area contributed by atoms with Crippen LogP contribution in [0.1, 0.15) is 47.4 Å². The number of aryl methyl sites for hydroxylation is 1. The molecule has 0 heterocycles. The Balaban J connectivity index is 1.59. The highest BCUT2D eigenvalue weighted by molar-refractivity contribution is 5.77. The van der Waals surface area contributed by atoms with Gasteiger partial charge in [0.1, 0.15) is 5.82 Å². The minimum atomic E-state index is -0.318. The van der Waals surface area contributed by atoms with E-state index in [9.17, 15) is 9.18 Å². The number of rotatable bonds is 5. The molecule has 0 aromatic heterocycles. The predicted octanol–water partition coefficient (Wildman–Crippen LogP) is 3.41. The Morgan fingerprint density at radius 1 is 1.25 bits per heavy atom. The van der Waals surface area contributed by atoms with Gasteiger partial charge in [0, 0.05) is 25.1 Å². The van der Waals surface area contributed by atoms with Crippen molar-refractivity contribution in [2.45, 2.75) is 44.7 Å². The molecule has 0 saturated heterocycles. The van der Waals surface area contributed by atoms with E-state index in [1.54, 1.807) is 12.1 Å². The molecule has 0 unspecified atom stereocenters. The zero-order chi connectivity index (χ0) is 16.9. The second-order valence-electron chi connectivity index (χ2n) is 6.40. The Kier molecular flexibility index (Phi) is 5.26. The van der Waals surface area contributed by atoms with Crippen molar-refractivity contribution < 1.29 is 9.18 Å². The largest absolute Gasteiger partial charge is 0.352 e. The fraction of sp³-hybridized carbons (Fsp3) is 0.350. The summed E-state index contributed by atoms with van der Waals surface area (Å²) in [5, 5.41) is 2.85. The van der Waals surface area contributed by atoms with Gasteiger partial charge in [0.05, 0.1) is 0 Å². The highest BCUT2D eigenvalue weighted by Gasteiger charge is 2.22. The molecule has 0 saturated carbocycles. The zero-order valence-corrected chi connectivity index (χ0v) is 13.7. The number of nitrogens with one attached hydrogen (secondary N) is 1. The summed E-state index contributed by atoms with van der Waals surface area (Å²) in [5.41, 5.74) is 9.38. The summed E-state index contributed by atoms with van der Waals surface area (Å²) < 4.78 is 13.9. The molecule has 0 spiro atoms. The molecule has 3 nitrogen and oxygen atoms in total. The van der Waals surface area contributed by atoms with E-state index in [0.717, 1.165) is 24.8 Å². The van der Waals surface area contributed by atoms with Gasteiger partial charge in [-0.25, -0.2) is 4.39 Å². The lowest BCUT2D eigenvalue weighted by Gasteiger charge is -2.25. The van der Waals surface area contributed by atoms with Gasteiger partial charge in [-0.05, 0) is 47.9 Å². The first-order valence-electron chi connectivity index (χ1n) is 8.49. The van der Waals surface area contributed by atoms with Crippen molar-refractivity contribution in [3.05, 3.63) is 70.5 Å². The van der Waals surface area contributed by atoms with Crippen LogP contribution in [-0.4, -0.2) is 5.91 Å². The van der Waals surface area contributed by atoms with Gasteiger partial charge < -0.3 is 11.1 Å². The smallest absolute Gasteiger partial charge is 0.220 e. The fourth-order valence-electron chi connectivity index (χ4n) is 3.42. The van der Waals surface area contributed by atoms with Gasteiger partial charge in [0.25, 0.3) is 0 Å². The second-order valence-corrected chi connectivity index (χ2v) is 6.40. The molecule has 0 aliphatic heterocycles. The topological polar surface area (TPSA) is 55.1 Å². The van der Waals surface area contributed by atoms with E-state index in [1.807, 2.05) is 6.07 Å². The van der Waals surface area contributed by atoms with Crippen LogP contribution in [-0.2, 0) is 24.3 Å². The monoisotopic (exact) mass is 326 g/mol. The summed E-state index contributed by atoms with van der Waals surface area (Å²) in [4.78, 5) is 12.3. The molecular formula is C20H23FN2O. The minimum Gasteiger partial charge on any atom is -0.352 e. The molecule has 0 bridgehead atoms. The Morgan fingerprint density at radius 2 is 2.08 bits per heavy atom. The lowest BCUT2D eigenvalue weighted by molar-refractivity contribution is -0.121. The van der Waals surface area contributed by atoms with Crippen molar-refractivity contribution in [2.24, 2.45) is 5.73 Å². The number of hydrogen-bond acceptors (Lipinski definition) is 2. The third-order valence-corrected chi connectivity index (χ3v) is 4.75. The number of fused-ring (bicyclic) bond motifs is 1. The molecule has 1 amide bonds. The number of halogens is 1. The standard InChI is InChI=1S/C20H23FN2O/c21-19-10-14(12-22)8-9-17(19)13-23-20(24)11-16-6-3-5-15-4-1-2-7-18(15)16/h1-2,4,7-10,16H,3,5-6,11-13,22H2,(H,23,24)/t16-/m1/s1. The van der Waals surface area contributed by atoms with E-state index in [2.05, 4.69) is 23.5 Å². The van der Waals surface area contributed by atoms with Crippen LogP contribution in [0, 0.1) is 5.82 Å². The first kappa shape index (κ1) is 16.7. The lowest BCUT2D eigenvalue weighted by atomic mass is 9.81. The van der Waals surface area contributed by atoms with Crippen molar-refractivity contribution in [2.75, 3.05) is 0 Å². The summed E-state index contributed by atoms with van der Waals surface area (Å²) in [6.07, 6.45) is 3.70. The highest BCUT2D eigenvalue weighted by Crippen LogP contribution is 2.33. The number of amides is 1. The van der Waals surface area contributed by atoms with Crippen molar-refractivity contribution >= 4 is 5.91 Å². The molecule has 24 heavy (non-hydrogen) atoms. The van der Waals surface area contributed by atoms with Gasteiger partial charge >= 0.3 is 0 Å². The van der Waals surface area contributed by atoms with Crippen LogP contribution in [0.3, 0.4) is 0 Å². The van der Waals surface area contributed by atoms with Crippen LogP contribution in [0.25, 0.3) is 0 Å².